The quantitative estimate of drug-likeness (QED) is 0.378. The first-order valence-electron chi connectivity index (χ1n) is 11.6. The van der Waals surface area contributed by atoms with Crippen molar-refractivity contribution in [1.82, 2.24) is 0 Å². The molecule has 12 heteroatoms. The van der Waals surface area contributed by atoms with Crippen molar-refractivity contribution in [3.8, 4) is 11.8 Å². The molecule has 0 amide bonds. The van der Waals surface area contributed by atoms with Crippen LogP contribution in [0.1, 0.15) is 11.1 Å². The van der Waals surface area contributed by atoms with E-state index in [1.807, 2.05) is 0 Å². The molecule has 0 saturated carbocycles. The van der Waals surface area contributed by atoms with Gasteiger partial charge in [0, 0.05) is 23.9 Å². The Kier molecular flexibility index (Phi) is 7.53. The summed E-state index contributed by atoms with van der Waals surface area (Å²) < 4.78 is 108. The fraction of sp³-hybridized carbons (Fsp3) is 0.333. The minimum atomic E-state index is -5.00. The van der Waals surface area contributed by atoms with E-state index >= 15 is 0 Å². The molecule has 39 heavy (non-hydrogen) atoms. The van der Waals surface area contributed by atoms with Crippen LogP contribution in [0.2, 0.25) is 0 Å². The predicted molar refractivity (Wildman–Crippen MR) is 131 cm³/mol. The van der Waals surface area contributed by atoms with Gasteiger partial charge >= 0.3 is 12.5 Å². The Morgan fingerprint density at radius 3 is 2.51 bits per heavy atom. The summed E-state index contributed by atoms with van der Waals surface area (Å²) >= 11 is 0. The largest absolute Gasteiger partial charge is 0.573 e. The Morgan fingerprint density at radius 1 is 1.13 bits per heavy atom. The standard InChI is InChI=1S/C27H23F6NO4S/c1-39(36,37)21-10-6-7-18(13-21)15-25(19-8-2-3-9-20(14-19)38-27(31,32)33)17-34(16-24(35)26(28,29)30)23-12-5-4-11-22(23)25/h3-7,9-14,19,24,35H,15-17H2,1H3/t19?,24-,25?/m1/s1. The minimum Gasteiger partial charge on any atom is -0.406 e. The molecule has 4 rings (SSSR count). The van der Waals surface area contributed by atoms with Gasteiger partial charge in [-0.1, -0.05) is 42.2 Å². The number of sulfone groups is 1. The zero-order chi connectivity index (χ0) is 28.6. The molecule has 0 saturated heterocycles. The number of hydrogen-bond donors (Lipinski definition) is 1. The lowest BCUT2D eigenvalue weighted by atomic mass is 9.67. The maximum atomic E-state index is 13.3. The van der Waals surface area contributed by atoms with Gasteiger partial charge in [-0.15, -0.1) is 13.2 Å². The Hall–Kier alpha value is -3.43. The molecular formula is C27H23F6NO4S. The van der Waals surface area contributed by atoms with Gasteiger partial charge in [-0.25, -0.2) is 8.42 Å². The number of aliphatic hydroxyl groups is 1. The molecule has 3 atom stereocenters. The molecule has 0 bridgehead atoms. The maximum absolute atomic E-state index is 13.3. The van der Waals surface area contributed by atoms with Crippen LogP contribution in [-0.4, -0.2) is 51.5 Å². The maximum Gasteiger partial charge on any atom is 0.573 e. The van der Waals surface area contributed by atoms with Gasteiger partial charge in [-0.2, -0.15) is 13.2 Å². The summed E-state index contributed by atoms with van der Waals surface area (Å²) in [7, 11) is -3.61. The summed E-state index contributed by atoms with van der Waals surface area (Å²) in [6, 6.07) is 12.4. The van der Waals surface area contributed by atoms with E-state index in [-0.39, 0.29) is 17.9 Å². The lowest BCUT2D eigenvalue weighted by Gasteiger charge is -2.35. The van der Waals surface area contributed by atoms with Gasteiger partial charge < -0.3 is 14.7 Å². The number of rotatable bonds is 7. The number of alkyl halides is 6. The molecule has 1 heterocycles. The van der Waals surface area contributed by atoms with Gasteiger partial charge in [0.15, 0.2) is 15.9 Å². The number of fused-ring (bicyclic) bond motifs is 1. The van der Waals surface area contributed by atoms with Crippen molar-refractivity contribution in [1.29, 1.82) is 0 Å². The van der Waals surface area contributed by atoms with Gasteiger partial charge in [-0.05, 0) is 54.0 Å². The number of anilines is 1. The van der Waals surface area contributed by atoms with Gasteiger partial charge in [0.25, 0.3) is 0 Å². The van der Waals surface area contributed by atoms with Crippen LogP contribution in [0.25, 0.3) is 0 Å². The smallest absolute Gasteiger partial charge is 0.406 e. The molecule has 2 unspecified atom stereocenters. The molecule has 1 aliphatic heterocycles. The zero-order valence-electron chi connectivity index (χ0n) is 20.4. The second kappa shape index (κ2) is 10.3. The third-order valence-corrected chi connectivity index (χ3v) is 7.71. The van der Waals surface area contributed by atoms with Crippen molar-refractivity contribution in [2.75, 3.05) is 24.2 Å². The van der Waals surface area contributed by atoms with Crippen LogP contribution < -0.4 is 4.90 Å². The summed E-state index contributed by atoms with van der Waals surface area (Å²) in [4.78, 5) is 1.34. The van der Waals surface area contributed by atoms with E-state index < -0.39 is 52.1 Å². The van der Waals surface area contributed by atoms with Crippen LogP contribution >= 0.6 is 0 Å². The first-order chi connectivity index (χ1) is 18.1. The van der Waals surface area contributed by atoms with Gasteiger partial charge in [0.1, 0.15) is 5.76 Å². The highest BCUT2D eigenvalue weighted by Gasteiger charge is 2.50. The number of hydrogen-bond acceptors (Lipinski definition) is 5. The van der Waals surface area contributed by atoms with Crippen molar-refractivity contribution in [3.05, 3.63) is 83.6 Å². The van der Waals surface area contributed by atoms with E-state index in [2.05, 4.69) is 16.6 Å². The second-order valence-electron chi connectivity index (χ2n) is 9.42. The number of para-hydroxylation sites is 1. The SMILES string of the molecule is CS(=O)(=O)c1cccc(CC2(C3C#CC=CC(OC(F)(F)F)=C3)CN(C[C@@H](O)C(F)(F)F)c3ccccc32)c1. The third-order valence-electron chi connectivity index (χ3n) is 6.60. The number of β-amino-alcohol motifs (C(OH)–C–C–N with tert-alkyl or cyclic N) is 1. The number of allylic oxidation sites excluding steroid dienone is 3. The van der Waals surface area contributed by atoms with Crippen molar-refractivity contribution < 1.29 is 44.6 Å². The summed E-state index contributed by atoms with van der Waals surface area (Å²) in [6.07, 6.45) is -8.14. The summed E-state index contributed by atoms with van der Waals surface area (Å²) in [5.41, 5.74) is 0.0902. The van der Waals surface area contributed by atoms with Crippen LogP contribution in [0.3, 0.4) is 0 Å². The Bertz CT molecular complexity index is 1470. The number of halogens is 6. The summed E-state index contributed by atoms with van der Waals surface area (Å²) in [5.74, 6) is 4.02. The number of benzene rings is 2. The molecule has 0 radical (unpaired) electrons. The molecule has 2 aromatic carbocycles. The van der Waals surface area contributed by atoms with E-state index in [4.69, 9.17) is 0 Å². The van der Waals surface area contributed by atoms with E-state index in [1.165, 1.54) is 35.3 Å². The predicted octanol–water partition coefficient (Wildman–Crippen LogP) is 4.92. The van der Waals surface area contributed by atoms with E-state index in [1.54, 1.807) is 30.3 Å². The van der Waals surface area contributed by atoms with Crippen LogP contribution in [-0.2, 0) is 26.4 Å². The van der Waals surface area contributed by atoms with Crippen molar-refractivity contribution in [3.63, 3.8) is 0 Å². The molecule has 208 valence electrons. The summed E-state index contributed by atoms with van der Waals surface area (Å²) in [6.45, 7) is -0.975. The molecule has 1 aliphatic carbocycles. The van der Waals surface area contributed by atoms with Crippen molar-refractivity contribution >= 4 is 15.5 Å². The highest BCUT2D eigenvalue weighted by molar-refractivity contribution is 7.90. The first kappa shape index (κ1) is 28.6. The molecule has 5 nitrogen and oxygen atoms in total. The van der Waals surface area contributed by atoms with Crippen LogP contribution in [0.15, 0.2) is 77.4 Å². The van der Waals surface area contributed by atoms with Crippen LogP contribution in [0.4, 0.5) is 32.0 Å². The van der Waals surface area contributed by atoms with Gasteiger partial charge in [0.05, 0.1) is 17.4 Å². The Morgan fingerprint density at radius 2 is 1.85 bits per heavy atom. The molecule has 0 aromatic heterocycles. The van der Waals surface area contributed by atoms with Gasteiger partial charge in [0.2, 0.25) is 0 Å². The lowest BCUT2D eigenvalue weighted by molar-refractivity contribution is -0.303. The fourth-order valence-electron chi connectivity index (χ4n) is 4.96. The van der Waals surface area contributed by atoms with Crippen LogP contribution in [0.5, 0.6) is 0 Å². The van der Waals surface area contributed by atoms with Gasteiger partial charge in [-0.3, -0.25) is 0 Å². The average molecular weight is 572 g/mol. The number of ether oxygens (including phenoxy) is 1. The van der Waals surface area contributed by atoms with Crippen molar-refractivity contribution in [2.45, 2.75) is 35.4 Å². The molecular weight excluding hydrogens is 548 g/mol. The number of nitrogens with zero attached hydrogens (tertiary/aromatic N) is 1. The third kappa shape index (κ3) is 6.42. The fourth-order valence-corrected chi connectivity index (χ4v) is 5.65. The lowest BCUT2D eigenvalue weighted by Crippen LogP contribution is -2.45. The molecule has 2 aliphatic rings. The highest BCUT2D eigenvalue weighted by Crippen LogP contribution is 2.49. The first-order valence-corrected chi connectivity index (χ1v) is 13.5. The normalized spacial score (nSPS) is 21.9. The molecule has 0 spiro atoms. The highest BCUT2D eigenvalue weighted by atomic mass is 32.2. The molecule has 2 aromatic rings. The van der Waals surface area contributed by atoms with E-state index in [0.29, 0.717) is 16.8 Å². The summed E-state index contributed by atoms with van der Waals surface area (Å²) in [5, 5.41) is 9.85. The zero-order valence-corrected chi connectivity index (χ0v) is 21.2. The topological polar surface area (TPSA) is 66.8 Å². The van der Waals surface area contributed by atoms with E-state index in [9.17, 15) is 39.9 Å². The molecule has 0 fully saturated rings. The Labute approximate surface area is 221 Å². The monoisotopic (exact) mass is 571 g/mol. The average Bonchev–Trinajstić information content (AvgIpc) is 2.96. The second-order valence-corrected chi connectivity index (χ2v) is 11.4. The Balaban J connectivity index is 1.88. The molecule has 1 N–H and O–H groups in total. The van der Waals surface area contributed by atoms with Crippen molar-refractivity contribution in [2.24, 2.45) is 5.92 Å². The van der Waals surface area contributed by atoms with E-state index in [0.717, 1.165) is 12.3 Å². The van der Waals surface area contributed by atoms with Crippen LogP contribution in [0, 0.1) is 17.8 Å². The number of aliphatic hydroxyl groups excluding tert-OH is 1. The minimum absolute atomic E-state index is 0.0102.